The minimum Gasteiger partial charge on any atom is -0.484 e. The third-order valence-corrected chi connectivity index (χ3v) is 2.74. The number of nitrogens with zero attached hydrogens (tertiary/aromatic N) is 1. The maximum absolute atomic E-state index is 11.6. The second-order valence-electron chi connectivity index (χ2n) is 4.95. The van der Waals surface area contributed by atoms with E-state index in [0.717, 1.165) is 23.4 Å². The van der Waals surface area contributed by atoms with Crippen LogP contribution in [0.1, 0.15) is 16.8 Å². The lowest BCUT2D eigenvalue weighted by Gasteiger charge is -2.07. The van der Waals surface area contributed by atoms with Gasteiger partial charge in [-0.2, -0.15) is 5.10 Å². The van der Waals surface area contributed by atoms with E-state index < -0.39 is 17.2 Å². The fourth-order valence-electron chi connectivity index (χ4n) is 1.93. The summed E-state index contributed by atoms with van der Waals surface area (Å²) in [6, 6.07) is 6.79. The van der Waals surface area contributed by atoms with Crippen molar-refractivity contribution in [2.24, 2.45) is 5.10 Å². The number of rotatable bonds is 5. The number of aromatic nitrogens is 2. The van der Waals surface area contributed by atoms with Crippen molar-refractivity contribution < 1.29 is 9.53 Å². The van der Waals surface area contributed by atoms with Gasteiger partial charge in [0.05, 0.1) is 11.9 Å². The molecule has 0 saturated heterocycles. The van der Waals surface area contributed by atoms with Gasteiger partial charge in [0, 0.05) is 6.07 Å². The van der Waals surface area contributed by atoms with Crippen LogP contribution in [-0.2, 0) is 4.79 Å². The summed E-state index contributed by atoms with van der Waals surface area (Å²) in [6.45, 7) is 3.67. The molecule has 120 valence electrons. The van der Waals surface area contributed by atoms with Gasteiger partial charge in [-0.1, -0.05) is 6.07 Å². The molecular formula is C15H16N4O4. The standard InChI is InChI=1S/C15H16N4O4/c1-9-3-10(2)5-12(4-9)23-8-14(21)19-16-7-11-6-13(20)18-15(22)17-11/h3-7H,8H2,1-2H3,(H,19,21)(H2,17,18,20,22). The van der Waals surface area contributed by atoms with Crippen molar-refractivity contribution in [3.63, 3.8) is 0 Å². The van der Waals surface area contributed by atoms with Gasteiger partial charge in [-0.05, 0) is 37.1 Å². The number of carbonyl (C=O) groups excluding carboxylic acids is 1. The summed E-state index contributed by atoms with van der Waals surface area (Å²) < 4.78 is 5.37. The van der Waals surface area contributed by atoms with Crippen molar-refractivity contribution in [2.45, 2.75) is 13.8 Å². The molecule has 0 aliphatic carbocycles. The summed E-state index contributed by atoms with van der Waals surface area (Å²) in [5.74, 6) is 0.133. The molecule has 1 aromatic carbocycles. The summed E-state index contributed by atoms with van der Waals surface area (Å²) >= 11 is 0. The van der Waals surface area contributed by atoms with Crippen LogP contribution in [-0.4, -0.2) is 28.7 Å². The van der Waals surface area contributed by atoms with Gasteiger partial charge in [0.25, 0.3) is 11.5 Å². The first-order valence-corrected chi connectivity index (χ1v) is 6.79. The Bertz CT molecular complexity index is 803. The van der Waals surface area contributed by atoms with Crippen LogP contribution >= 0.6 is 0 Å². The molecule has 1 aromatic heterocycles. The molecule has 0 saturated carbocycles. The number of hydrogen-bond acceptors (Lipinski definition) is 5. The first kappa shape index (κ1) is 16.2. The highest BCUT2D eigenvalue weighted by atomic mass is 16.5. The summed E-state index contributed by atoms with van der Waals surface area (Å²) in [5, 5.41) is 3.64. The summed E-state index contributed by atoms with van der Waals surface area (Å²) in [7, 11) is 0. The van der Waals surface area contributed by atoms with E-state index in [9.17, 15) is 14.4 Å². The van der Waals surface area contributed by atoms with E-state index in [4.69, 9.17) is 4.74 Å². The molecule has 0 radical (unpaired) electrons. The van der Waals surface area contributed by atoms with Crippen LogP contribution in [0.5, 0.6) is 5.75 Å². The van der Waals surface area contributed by atoms with Crippen molar-refractivity contribution in [1.82, 2.24) is 15.4 Å². The van der Waals surface area contributed by atoms with Gasteiger partial charge in [-0.25, -0.2) is 10.2 Å². The zero-order chi connectivity index (χ0) is 16.8. The van der Waals surface area contributed by atoms with Crippen LogP contribution in [0.4, 0.5) is 0 Å². The SMILES string of the molecule is Cc1cc(C)cc(OCC(=O)NN=Cc2cc(=O)[nH]c(=O)[nH]2)c1. The number of benzene rings is 1. The van der Waals surface area contributed by atoms with E-state index in [2.05, 4.69) is 15.5 Å². The van der Waals surface area contributed by atoms with E-state index in [-0.39, 0.29) is 12.3 Å². The minimum atomic E-state index is -0.650. The van der Waals surface area contributed by atoms with E-state index in [1.54, 1.807) is 0 Å². The number of nitrogens with one attached hydrogen (secondary N) is 3. The molecule has 0 aliphatic rings. The Balaban J connectivity index is 1.88. The zero-order valence-corrected chi connectivity index (χ0v) is 12.7. The highest BCUT2D eigenvalue weighted by molar-refractivity contribution is 5.81. The molecule has 0 aliphatic heterocycles. The van der Waals surface area contributed by atoms with Crippen molar-refractivity contribution in [1.29, 1.82) is 0 Å². The normalized spacial score (nSPS) is 10.7. The molecule has 2 aromatic rings. The van der Waals surface area contributed by atoms with Gasteiger partial charge in [0.15, 0.2) is 6.61 Å². The van der Waals surface area contributed by atoms with Crippen LogP contribution in [0.2, 0.25) is 0 Å². The number of hydrazone groups is 1. The summed E-state index contributed by atoms with van der Waals surface area (Å²) in [5.41, 5.74) is 3.29. The average Bonchev–Trinajstić information content (AvgIpc) is 2.43. The lowest BCUT2D eigenvalue weighted by molar-refractivity contribution is -0.123. The number of ether oxygens (including phenoxy) is 1. The van der Waals surface area contributed by atoms with Crippen molar-refractivity contribution in [3.8, 4) is 5.75 Å². The Kier molecular flexibility index (Phi) is 5.08. The van der Waals surface area contributed by atoms with Crippen LogP contribution in [0.25, 0.3) is 0 Å². The zero-order valence-electron chi connectivity index (χ0n) is 12.7. The number of amides is 1. The fourth-order valence-corrected chi connectivity index (χ4v) is 1.93. The van der Waals surface area contributed by atoms with Gasteiger partial charge >= 0.3 is 5.69 Å². The largest absolute Gasteiger partial charge is 0.484 e. The Morgan fingerprint density at radius 3 is 2.52 bits per heavy atom. The Hall–Kier alpha value is -3.16. The lowest BCUT2D eigenvalue weighted by atomic mass is 10.1. The predicted molar refractivity (Wildman–Crippen MR) is 84.8 cm³/mol. The molecule has 1 heterocycles. The number of carbonyl (C=O) groups is 1. The summed E-state index contributed by atoms with van der Waals surface area (Å²) in [6.07, 6.45) is 1.16. The molecule has 8 nitrogen and oxygen atoms in total. The van der Waals surface area contributed by atoms with Crippen LogP contribution in [0.15, 0.2) is 39.0 Å². The molecule has 23 heavy (non-hydrogen) atoms. The van der Waals surface area contributed by atoms with Crippen LogP contribution in [0.3, 0.4) is 0 Å². The molecule has 3 N–H and O–H groups in total. The first-order valence-electron chi connectivity index (χ1n) is 6.79. The number of hydrogen-bond donors (Lipinski definition) is 3. The van der Waals surface area contributed by atoms with Gasteiger partial charge in [0.1, 0.15) is 5.75 Å². The molecule has 1 amide bonds. The van der Waals surface area contributed by atoms with Gasteiger partial charge in [0.2, 0.25) is 0 Å². The van der Waals surface area contributed by atoms with Gasteiger partial charge in [-0.15, -0.1) is 0 Å². The van der Waals surface area contributed by atoms with Crippen LogP contribution < -0.4 is 21.4 Å². The van der Waals surface area contributed by atoms with E-state index >= 15 is 0 Å². The van der Waals surface area contributed by atoms with E-state index in [1.165, 1.54) is 0 Å². The molecule has 0 fully saturated rings. The molecule has 0 bridgehead atoms. The second kappa shape index (κ2) is 7.21. The van der Waals surface area contributed by atoms with Crippen LogP contribution in [0, 0.1) is 13.8 Å². The minimum absolute atomic E-state index is 0.175. The Morgan fingerprint density at radius 1 is 1.17 bits per heavy atom. The molecular weight excluding hydrogens is 300 g/mol. The molecule has 2 rings (SSSR count). The number of H-pyrrole nitrogens is 2. The van der Waals surface area contributed by atoms with Crippen molar-refractivity contribution in [2.75, 3.05) is 6.61 Å². The van der Waals surface area contributed by atoms with E-state index in [0.29, 0.717) is 5.75 Å². The number of aromatic amines is 2. The second-order valence-corrected chi connectivity index (χ2v) is 4.95. The molecule has 8 heteroatoms. The average molecular weight is 316 g/mol. The van der Waals surface area contributed by atoms with E-state index in [1.807, 2.05) is 37.0 Å². The molecule has 0 spiro atoms. The number of aryl methyl sites for hydroxylation is 2. The molecule has 0 atom stereocenters. The Labute approximate surface area is 131 Å². The maximum Gasteiger partial charge on any atom is 0.326 e. The third kappa shape index (κ3) is 5.27. The van der Waals surface area contributed by atoms with Crippen molar-refractivity contribution >= 4 is 12.1 Å². The van der Waals surface area contributed by atoms with Gasteiger partial charge in [-0.3, -0.25) is 14.6 Å². The predicted octanol–water partition coefficient (Wildman–Crippen LogP) is 0.209. The topological polar surface area (TPSA) is 116 Å². The monoisotopic (exact) mass is 316 g/mol. The maximum atomic E-state index is 11.6. The first-order chi connectivity index (χ1) is 10.9. The highest BCUT2D eigenvalue weighted by Gasteiger charge is 2.02. The third-order valence-electron chi connectivity index (χ3n) is 2.74. The highest BCUT2D eigenvalue weighted by Crippen LogP contribution is 2.15. The molecule has 0 unspecified atom stereocenters. The smallest absolute Gasteiger partial charge is 0.326 e. The fraction of sp³-hybridized carbons (Fsp3) is 0.200. The quantitative estimate of drug-likeness (QED) is 0.540. The summed E-state index contributed by atoms with van der Waals surface area (Å²) in [4.78, 5) is 38.1. The Morgan fingerprint density at radius 2 is 1.87 bits per heavy atom. The van der Waals surface area contributed by atoms with Crippen molar-refractivity contribution in [3.05, 3.63) is 61.9 Å². The van der Waals surface area contributed by atoms with Gasteiger partial charge < -0.3 is 9.72 Å². The lowest BCUT2D eigenvalue weighted by Crippen LogP contribution is -2.26.